The summed E-state index contributed by atoms with van der Waals surface area (Å²) in [4.78, 5) is 0. The van der Waals surface area contributed by atoms with Crippen LogP contribution in [-0.2, 0) is 0 Å². The van der Waals surface area contributed by atoms with Crippen LogP contribution in [0.3, 0.4) is 0 Å². The van der Waals surface area contributed by atoms with Gasteiger partial charge in [0.15, 0.2) is 0 Å². The maximum atomic E-state index is 2.46. The molecule has 2 rings (SSSR count). The Kier molecular flexibility index (Phi) is 4.72. The molecule has 0 amide bonds. The second kappa shape index (κ2) is 5.96. The smallest absolute Gasteiger partial charge is 0.0137 e. The lowest BCUT2D eigenvalue weighted by Crippen LogP contribution is -2.28. The Morgan fingerprint density at radius 3 is 1.89 bits per heavy atom. The highest BCUT2D eigenvalue weighted by molar-refractivity contribution is 7.67. The highest BCUT2D eigenvalue weighted by Gasteiger charge is 2.33. The van der Waals surface area contributed by atoms with Crippen LogP contribution >= 0.6 is 7.92 Å². The molecule has 0 N–H and O–H groups in total. The summed E-state index contributed by atoms with van der Waals surface area (Å²) in [5.41, 5.74) is 3.81. The van der Waals surface area contributed by atoms with Crippen LogP contribution < -0.4 is 5.30 Å². The van der Waals surface area contributed by atoms with Crippen LogP contribution in [0.1, 0.15) is 64.0 Å². The van der Waals surface area contributed by atoms with E-state index in [1.807, 2.05) is 0 Å². The number of rotatable bonds is 2. The van der Waals surface area contributed by atoms with Gasteiger partial charge in [0.1, 0.15) is 0 Å². The van der Waals surface area contributed by atoms with Gasteiger partial charge in [-0.3, -0.25) is 0 Å². The van der Waals surface area contributed by atoms with Gasteiger partial charge < -0.3 is 0 Å². The predicted octanol–water partition coefficient (Wildman–Crippen LogP) is 5.54. The van der Waals surface area contributed by atoms with E-state index in [1.165, 1.54) is 43.2 Å². The molecule has 1 heteroatoms. The Balaban J connectivity index is 2.36. The van der Waals surface area contributed by atoms with Crippen molar-refractivity contribution in [2.24, 2.45) is 0 Å². The Labute approximate surface area is 120 Å². The van der Waals surface area contributed by atoms with Gasteiger partial charge in [-0.15, -0.1) is 0 Å². The molecule has 1 fully saturated rings. The molecule has 1 aliphatic rings. The van der Waals surface area contributed by atoms with Crippen LogP contribution in [0.25, 0.3) is 0 Å². The molecule has 0 spiro atoms. The Bertz CT molecular complexity index is 402. The van der Waals surface area contributed by atoms with E-state index in [1.54, 1.807) is 5.30 Å². The van der Waals surface area contributed by atoms with Crippen molar-refractivity contribution in [1.29, 1.82) is 0 Å². The molecule has 1 unspecified atom stereocenters. The molecule has 1 saturated carbocycles. The van der Waals surface area contributed by atoms with E-state index in [4.69, 9.17) is 0 Å². The third-order valence-electron chi connectivity index (χ3n) is 4.15. The summed E-state index contributed by atoms with van der Waals surface area (Å²) in [5, 5.41) is 2.07. The van der Waals surface area contributed by atoms with E-state index in [2.05, 4.69) is 52.8 Å². The van der Waals surface area contributed by atoms with Gasteiger partial charge in [-0.25, -0.2) is 0 Å². The average molecular weight is 276 g/mol. The molecule has 0 saturated heterocycles. The van der Waals surface area contributed by atoms with Crippen molar-refractivity contribution in [2.75, 3.05) is 0 Å². The van der Waals surface area contributed by atoms with Crippen molar-refractivity contribution in [2.45, 2.75) is 77.5 Å². The van der Waals surface area contributed by atoms with Crippen LogP contribution in [0.2, 0.25) is 0 Å². The summed E-state index contributed by atoms with van der Waals surface area (Å²) in [6.07, 6.45) is 7.26. The van der Waals surface area contributed by atoms with E-state index < -0.39 is 0 Å². The molecule has 1 aromatic carbocycles. The standard InChI is InChI=1S/C18H29P/c1-14-11-15(2)13-17(12-14)19(18(3,4)5)16-9-7-6-8-10-16/h11-13,16H,6-10H2,1-5H3. The van der Waals surface area contributed by atoms with Gasteiger partial charge in [-0.05, 0) is 42.8 Å². The van der Waals surface area contributed by atoms with Gasteiger partial charge in [0.2, 0.25) is 0 Å². The Morgan fingerprint density at radius 2 is 1.42 bits per heavy atom. The molecule has 0 nitrogen and oxygen atoms in total. The number of aryl methyl sites for hydroxylation is 2. The van der Waals surface area contributed by atoms with Crippen LogP contribution in [0.4, 0.5) is 0 Å². The van der Waals surface area contributed by atoms with Crippen molar-refractivity contribution >= 4 is 13.2 Å². The second-order valence-corrected chi connectivity index (χ2v) is 10.5. The fourth-order valence-electron chi connectivity index (χ4n) is 3.57. The predicted molar refractivity (Wildman–Crippen MR) is 89.1 cm³/mol. The monoisotopic (exact) mass is 276 g/mol. The van der Waals surface area contributed by atoms with Crippen molar-refractivity contribution in [3.63, 3.8) is 0 Å². The van der Waals surface area contributed by atoms with Crippen molar-refractivity contribution < 1.29 is 0 Å². The molecule has 0 radical (unpaired) electrons. The number of hydrogen-bond donors (Lipinski definition) is 0. The van der Waals surface area contributed by atoms with Gasteiger partial charge in [0.25, 0.3) is 0 Å². The molecule has 1 atom stereocenters. The second-order valence-electron chi connectivity index (χ2n) is 7.18. The lowest BCUT2D eigenvalue weighted by molar-refractivity contribution is 0.507. The molecule has 0 bridgehead atoms. The van der Waals surface area contributed by atoms with Crippen LogP contribution in [-0.4, -0.2) is 10.8 Å². The summed E-state index contributed by atoms with van der Waals surface area (Å²) < 4.78 is 0. The zero-order valence-corrected chi connectivity index (χ0v) is 14.2. The van der Waals surface area contributed by atoms with Crippen LogP contribution in [0, 0.1) is 13.8 Å². The molecule has 0 aliphatic heterocycles. The van der Waals surface area contributed by atoms with E-state index in [-0.39, 0.29) is 7.92 Å². The first-order valence-electron chi connectivity index (χ1n) is 7.75. The quantitative estimate of drug-likeness (QED) is 0.622. The zero-order chi connectivity index (χ0) is 14.0. The Hall–Kier alpha value is -0.350. The maximum absolute atomic E-state index is 2.46. The molecule has 0 heterocycles. The minimum Gasteiger partial charge on any atom is -0.0666 e. The normalized spacial score (nSPS) is 19.4. The lowest BCUT2D eigenvalue weighted by atomic mass is 10.0. The highest BCUT2D eigenvalue weighted by Crippen LogP contribution is 2.56. The highest BCUT2D eigenvalue weighted by atomic mass is 31.1. The largest absolute Gasteiger partial charge is 0.0666 e. The molecule has 1 aromatic rings. The van der Waals surface area contributed by atoms with E-state index in [0.29, 0.717) is 5.16 Å². The average Bonchev–Trinajstić information content (AvgIpc) is 2.27. The van der Waals surface area contributed by atoms with E-state index in [0.717, 1.165) is 5.66 Å². The van der Waals surface area contributed by atoms with Crippen LogP contribution in [0.15, 0.2) is 18.2 Å². The number of hydrogen-bond acceptors (Lipinski definition) is 0. The molecular formula is C18H29P. The summed E-state index contributed by atoms with van der Waals surface area (Å²) in [5.74, 6) is 0. The van der Waals surface area contributed by atoms with Gasteiger partial charge in [0, 0.05) is 0 Å². The first-order chi connectivity index (χ1) is 8.88. The van der Waals surface area contributed by atoms with Crippen molar-refractivity contribution in [1.82, 2.24) is 0 Å². The fourth-order valence-corrected chi connectivity index (χ4v) is 7.43. The molecular weight excluding hydrogens is 247 g/mol. The number of benzene rings is 1. The summed E-state index contributed by atoms with van der Waals surface area (Å²) in [6.45, 7) is 11.8. The maximum Gasteiger partial charge on any atom is -0.0137 e. The molecule has 0 aromatic heterocycles. The Morgan fingerprint density at radius 1 is 0.895 bits per heavy atom. The van der Waals surface area contributed by atoms with Gasteiger partial charge in [-0.2, -0.15) is 0 Å². The summed E-state index contributed by atoms with van der Waals surface area (Å²) >= 11 is 0. The van der Waals surface area contributed by atoms with Gasteiger partial charge >= 0.3 is 0 Å². The van der Waals surface area contributed by atoms with Crippen molar-refractivity contribution in [3.05, 3.63) is 29.3 Å². The molecule has 1 aliphatic carbocycles. The van der Waals surface area contributed by atoms with Crippen molar-refractivity contribution in [3.8, 4) is 0 Å². The summed E-state index contributed by atoms with van der Waals surface area (Å²) in [6, 6.07) is 7.22. The van der Waals surface area contributed by atoms with Gasteiger partial charge in [-0.1, -0.05) is 77.3 Å². The fraction of sp³-hybridized carbons (Fsp3) is 0.667. The third kappa shape index (κ3) is 3.82. The SMILES string of the molecule is Cc1cc(C)cc(P(C2CCCCC2)C(C)(C)C)c1. The van der Waals surface area contributed by atoms with E-state index in [9.17, 15) is 0 Å². The minimum atomic E-state index is -0.0474. The first-order valence-corrected chi connectivity index (χ1v) is 9.16. The third-order valence-corrected chi connectivity index (χ3v) is 7.65. The topological polar surface area (TPSA) is 0 Å². The first kappa shape index (κ1) is 15.0. The van der Waals surface area contributed by atoms with Crippen LogP contribution in [0.5, 0.6) is 0 Å². The van der Waals surface area contributed by atoms with Gasteiger partial charge in [0.05, 0.1) is 0 Å². The van der Waals surface area contributed by atoms with E-state index >= 15 is 0 Å². The lowest BCUT2D eigenvalue weighted by Gasteiger charge is -2.40. The minimum absolute atomic E-state index is 0.0474. The molecule has 19 heavy (non-hydrogen) atoms. The molecule has 106 valence electrons. The summed E-state index contributed by atoms with van der Waals surface area (Å²) in [7, 11) is -0.0474. The zero-order valence-electron chi connectivity index (χ0n) is 13.3.